The van der Waals surface area contributed by atoms with E-state index < -0.39 is 0 Å². The molecule has 7 nitrogen and oxygen atoms in total. The Bertz CT molecular complexity index is 815. The van der Waals surface area contributed by atoms with Crippen LogP contribution in [0.4, 0.5) is 5.69 Å². The molecule has 162 valence electrons. The fourth-order valence-electron chi connectivity index (χ4n) is 3.90. The topological polar surface area (TPSA) is 92.8 Å². The van der Waals surface area contributed by atoms with E-state index in [-0.39, 0.29) is 0 Å². The zero-order valence-corrected chi connectivity index (χ0v) is 18.2. The van der Waals surface area contributed by atoms with Crippen molar-refractivity contribution in [3.63, 3.8) is 0 Å². The SMILES string of the molecule is CNC(/C=C/CN1CNC1)=C(/C)C(=NCc1cccc(N)c1C=N)N1CCCCC1. The maximum absolute atomic E-state index is 7.72. The minimum absolute atomic E-state index is 0.513. The van der Waals surface area contributed by atoms with Gasteiger partial charge in [-0.05, 0) is 43.9 Å². The van der Waals surface area contributed by atoms with Crippen molar-refractivity contribution in [2.75, 3.05) is 45.8 Å². The molecule has 0 saturated carbocycles. The van der Waals surface area contributed by atoms with Crippen molar-refractivity contribution in [3.8, 4) is 0 Å². The molecule has 2 aliphatic rings. The molecule has 0 bridgehead atoms. The van der Waals surface area contributed by atoms with E-state index in [1.807, 2.05) is 25.2 Å². The normalized spacial score (nSPS) is 18.9. The molecule has 0 spiro atoms. The molecule has 0 aliphatic carbocycles. The molecule has 2 fully saturated rings. The predicted octanol–water partition coefficient (Wildman–Crippen LogP) is 2.52. The first-order valence-electron chi connectivity index (χ1n) is 10.8. The molecule has 1 aromatic rings. The van der Waals surface area contributed by atoms with Gasteiger partial charge >= 0.3 is 0 Å². The number of hydrogen-bond acceptors (Lipinski definition) is 6. The molecule has 5 N–H and O–H groups in total. The predicted molar refractivity (Wildman–Crippen MR) is 126 cm³/mol. The third-order valence-corrected chi connectivity index (χ3v) is 5.76. The Morgan fingerprint density at radius 3 is 2.67 bits per heavy atom. The summed E-state index contributed by atoms with van der Waals surface area (Å²) in [6, 6.07) is 5.78. The fourth-order valence-corrected chi connectivity index (χ4v) is 3.90. The van der Waals surface area contributed by atoms with E-state index in [0.29, 0.717) is 12.2 Å². The summed E-state index contributed by atoms with van der Waals surface area (Å²) < 4.78 is 0. The third kappa shape index (κ3) is 5.49. The van der Waals surface area contributed by atoms with E-state index in [1.54, 1.807) is 0 Å². The Balaban J connectivity index is 1.87. The van der Waals surface area contributed by atoms with Crippen LogP contribution in [0.1, 0.15) is 37.3 Å². The molecule has 2 heterocycles. The maximum Gasteiger partial charge on any atom is 0.128 e. The second-order valence-electron chi connectivity index (χ2n) is 7.86. The lowest BCUT2D eigenvalue weighted by Crippen LogP contribution is -2.51. The molecule has 0 unspecified atom stereocenters. The standard InChI is InChI=1S/C23H35N7/c1-18(22(26-2)10-7-11-29-16-27-17-29)23(30-12-4-3-5-13-30)28-15-19-8-6-9-21(25)20(19)14-24/h6-10,14,24,26-27H,3-5,11-13,15-17,25H2,1-2H3/b10-7+,22-18-,24-14?,28-23?. The van der Waals surface area contributed by atoms with Gasteiger partial charge in [-0.1, -0.05) is 18.2 Å². The van der Waals surface area contributed by atoms with Gasteiger partial charge in [-0.3, -0.25) is 15.2 Å². The number of nitrogens with two attached hydrogens (primary N) is 1. The van der Waals surface area contributed by atoms with E-state index in [2.05, 4.69) is 39.5 Å². The lowest BCUT2D eigenvalue weighted by molar-refractivity contribution is 0.157. The number of hydrogen-bond donors (Lipinski definition) is 4. The number of piperidine rings is 1. The molecule has 0 radical (unpaired) electrons. The van der Waals surface area contributed by atoms with Gasteiger partial charge in [-0.25, -0.2) is 0 Å². The molecule has 2 aliphatic heterocycles. The van der Waals surface area contributed by atoms with Crippen molar-refractivity contribution < 1.29 is 0 Å². The van der Waals surface area contributed by atoms with Crippen molar-refractivity contribution in [1.29, 1.82) is 5.41 Å². The van der Waals surface area contributed by atoms with Crippen molar-refractivity contribution >= 4 is 17.7 Å². The minimum atomic E-state index is 0.513. The molecular weight excluding hydrogens is 374 g/mol. The summed E-state index contributed by atoms with van der Waals surface area (Å²) in [6.07, 6.45) is 9.37. The van der Waals surface area contributed by atoms with E-state index >= 15 is 0 Å². The molecule has 0 aromatic heterocycles. The molecular formula is C23H35N7. The smallest absolute Gasteiger partial charge is 0.128 e. The molecule has 30 heavy (non-hydrogen) atoms. The summed E-state index contributed by atoms with van der Waals surface area (Å²) in [4.78, 5) is 9.77. The van der Waals surface area contributed by atoms with Crippen LogP contribution >= 0.6 is 0 Å². The zero-order chi connectivity index (χ0) is 21.3. The first-order valence-corrected chi connectivity index (χ1v) is 10.8. The molecule has 7 heteroatoms. The average molecular weight is 410 g/mol. The van der Waals surface area contributed by atoms with Crippen LogP contribution in [0.15, 0.2) is 46.6 Å². The third-order valence-electron chi connectivity index (χ3n) is 5.76. The van der Waals surface area contributed by atoms with Crippen LogP contribution in [0.2, 0.25) is 0 Å². The zero-order valence-electron chi connectivity index (χ0n) is 18.2. The summed E-state index contributed by atoms with van der Waals surface area (Å²) in [5.41, 5.74) is 10.7. The average Bonchev–Trinajstić information content (AvgIpc) is 2.73. The van der Waals surface area contributed by atoms with E-state index in [1.165, 1.54) is 25.5 Å². The Morgan fingerprint density at radius 2 is 2.03 bits per heavy atom. The number of benzene rings is 1. The van der Waals surface area contributed by atoms with Crippen molar-refractivity contribution in [3.05, 3.63) is 52.7 Å². The number of nitrogens with one attached hydrogen (secondary N) is 3. The number of aliphatic imine (C=N–C) groups is 1. The van der Waals surface area contributed by atoms with Gasteiger partial charge in [0.05, 0.1) is 19.9 Å². The monoisotopic (exact) mass is 409 g/mol. The van der Waals surface area contributed by atoms with Crippen LogP contribution in [-0.4, -0.2) is 61.9 Å². The van der Waals surface area contributed by atoms with Crippen molar-refractivity contribution in [2.45, 2.75) is 32.7 Å². The molecule has 3 rings (SSSR count). The highest BCUT2D eigenvalue weighted by molar-refractivity contribution is 5.99. The van der Waals surface area contributed by atoms with Gasteiger partial charge in [0.15, 0.2) is 0 Å². The molecule has 2 saturated heterocycles. The molecule has 0 atom stereocenters. The minimum Gasteiger partial charge on any atom is -0.398 e. The lowest BCUT2D eigenvalue weighted by atomic mass is 10.1. The Hall–Kier alpha value is -2.64. The van der Waals surface area contributed by atoms with Gasteiger partial charge in [0.2, 0.25) is 0 Å². The van der Waals surface area contributed by atoms with Crippen molar-refractivity contribution in [1.82, 2.24) is 20.4 Å². The summed E-state index contributed by atoms with van der Waals surface area (Å²) in [6.45, 7) is 7.57. The van der Waals surface area contributed by atoms with Crippen LogP contribution in [0.25, 0.3) is 0 Å². The van der Waals surface area contributed by atoms with E-state index in [4.69, 9.17) is 16.1 Å². The first-order chi connectivity index (χ1) is 14.6. The number of rotatable bonds is 8. The fraction of sp³-hybridized carbons (Fsp3) is 0.478. The van der Waals surface area contributed by atoms with Crippen LogP contribution in [0, 0.1) is 5.41 Å². The number of nitrogens with zero attached hydrogens (tertiary/aromatic N) is 3. The van der Waals surface area contributed by atoms with Crippen LogP contribution < -0.4 is 16.4 Å². The second-order valence-corrected chi connectivity index (χ2v) is 7.86. The first kappa shape index (κ1) is 22.1. The number of amidine groups is 1. The van der Waals surface area contributed by atoms with Crippen LogP contribution in [0.5, 0.6) is 0 Å². The van der Waals surface area contributed by atoms with Gasteiger partial charge in [0.25, 0.3) is 0 Å². The van der Waals surface area contributed by atoms with Crippen molar-refractivity contribution in [2.24, 2.45) is 4.99 Å². The Morgan fingerprint density at radius 1 is 1.27 bits per heavy atom. The quantitative estimate of drug-likeness (QED) is 0.229. The summed E-state index contributed by atoms with van der Waals surface area (Å²) in [5, 5.41) is 14.3. The number of allylic oxidation sites excluding steroid dienone is 1. The largest absolute Gasteiger partial charge is 0.398 e. The Labute approximate surface area is 180 Å². The highest BCUT2D eigenvalue weighted by Crippen LogP contribution is 2.19. The lowest BCUT2D eigenvalue weighted by Gasteiger charge is -2.31. The van der Waals surface area contributed by atoms with Gasteiger partial charge in [-0.2, -0.15) is 0 Å². The number of likely N-dealkylation sites (tertiary alicyclic amines) is 1. The van der Waals surface area contributed by atoms with Gasteiger partial charge in [-0.15, -0.1) is 0 Å². The molecule has 0 amide bonds. The summed E-state index contributed by atoms with van der Waals surface area (Å²) in [5.74, 6) is 1.03. The van der Waals surface area contributed by atoms with Gasteiger partial charge in [0, 0.05) is 55.4 Å². The number of anilines is 1. The highest BCUT2D eigenvalue weighted by atomic mass is 15.4. The van der Waals surface area contributed by atoms with Gasteiger partial charge < -0.3 is 21.4 Å². The van der Waals surface area contributed by atoms with Gasteiger partial charge in [0.1, 0.15) is 5.84 Å². The van der Waals surface area contributed by atoms with E-state index in [0.717, 1.165) is 61.2 Å². The Kier molecular flexibility index (Phi) is 8.04. The highest BCUT2D eigenvalue weighted by Gasteiger charge is 2.18. The summed E-state index contributed by atoms with van der Waals surface area (Å²) >= 11 is 0. The maximum atomic E-state index is 7.72. The van der Waals surface area contributed by atoms with Crippen LogP contribution in [-0.2, 0) is 6.54 Å². The second kappa shape index (κ2) is 10.9. The number of likely N-dealkylation sites (N-methyl/N-ethyl adjacent to an activating group) is 1. The number of nitrogen functional groups attached to an aromatic ring is 1. The van der Waals surface area contributed by atoms with Crippen LogP contribution in [0.3, 0.4) is 0 Å². The van der Waals surface area contributed by atoms with E-state index in [9.17, 15) is 0 Å². The molecule has 1 aromatic carbocycles. The summed E-state index contributed by atoms with van der Waals surface area (Å²) in [7, 11) is 1.97.